The molecule has 0 aliphatic rings. The van der Waals surface area contributed by atoms with Crippen molar-refractivity contribution in [3.8, 4) is 0 Å². The van der Waals surface area contributed by atoms with Crippen molar-refractivity contribution in [3.05, 3.63) is 30.1 Å². The van der Waals surface area contributed by atoms with Gasteiger partial charge in [0.05, 0.1) is 5.69 Å². The van der Waals surface area contributed by atoms with Gasteiger partial charge in [-0.1, -0.05) is 11.2 Å². The first-order chi connectivity index (χ1) is 7.65. The Labute approximate surface area is 97.9 Å². The van der Waals surface area contributed by atoms with Crippen LogP contribution in [0.15, 0.2) is 34.7 Å². The second-order valence-corrected chi connectivity index (χ2v) is 3.28. The average Bonchev–Trinajstić information content (AvgIpc) is 2.30. The van der Waals surface area contributed by atoms with Crippen LogP contribution in [-0.2, 0) is 0 Å². The molecule has 0 bridgehead atoms. The van der Waals surface area contributed by atoms with E-state index in [0.29, 0.717) is 17.1 Å². The van der Waals surface area contributed by atoms with Crippen molar-refractivity contribution in [2.24, 2.45) is 16.0 Å². The van der Waals surface area contributed by atoms with Gasteiger partial charge in [0, 0.05) is 6.20 Å². The van der Waals surface area contributed by atoms with Crippen LogP contribution >= 0.6 is 12.2 Å². The molecule has 0 aliphatic heterocycles. The molecule has 0 unspecified atom stereocenters. The second kappa shape index (κ2) is 5.76. The van der Waals surface area contributed by atoms with Gasteiger partial charge in [-0.25, -0.2) is 0 Å². The number of aromatic nitrogens is 1. The maximum atomic E-state index is 8.72. The van der Waals surface area contributed by atoms with Crippen molar-refractivity contribution in [1.82, 2.24) is 10.4 Å². The van der Waals surface area contributed by atoms with Gasteiger partial charge >= 0.3 is 0 Å². The van der Waals surface area contributed by atoms with E-state index < -0.39 is 0 Å². The molecule has 1 heterocycles. The zero-order chi connectivity index (χ0) is 12.0. The average molecular weight is 237 g/mol. The van der Waals surface area contributed by atoms with Crippen LogP contribution in [0.25, 0.3) is 0 Å². The summed E-state index contributed by atoms with van der Waals surface area (Å²) in [6.45, 7) is 1.59. The normalized spacial score (nSPS) is 12.3. The third-order valence-corrected chi connectivity index (χ3v) is 1.77. The molecule has 0 radical (unpaired) electrons. The number of nitrogens with zero attached hydrogens (tertiary/aromatic N) is 3. The number of rotatable bonds is 3. The van der Waals surface area contributed by atoms with Crippen molar-refractivity contribution in [2.75, 3.05) is 0 Å². The third kappa shape index (κ3) is 3.28. The Balaban J connectivity index is 3.07. The Kier molecular flexibility index (Phi) is 4.34. The van der Waals surface area contributed by atoms with Gasteiger partial charge in [0.1, 0.15) is 11.4 Å². The van der Waals surface area contributed by atoms with E-state index in [9.17, 15) is 0 Å². The Morgan fingerprint density at radius 2 is 2.31 bits per heavy atom. The molecule has 0 saturated carbocycles. The molecule has 0 aliphatic carbocycles. The van der Waals surface area contributed by atoms with Gasteiger partial charge in [-0.2, -0.15) is 5.10 Å². The van der Waals surface area contributed by atoms with Crippen molar-refractivity contribution in [2.45, 2.75) is 6.92 Å². The minimum atomic E-state index is 0.0270. The van der Waals surface area contributed by atoms with Gasteiger partial charge in [-0.3, -0.25) is 10.4 Å². The van der Waals surface area contributed by atoms with Gasteiger partial charge in [0.2, 0.25) is 0 Å². The molecule has 16 heavy (non-hydrogen) atoms. The van der Waals surface area contributed by atoms with Crippen LogP contribution < -0.4 is 11.2 Å². The molecule has 4 N–H and O–H groups in total. The molecular formula is C9H11N5OS. The minimum absolute atomic E-state index is 0.0270. The predicted molar refractivity (Wildman–Crippen MR) is 65.6 cm³/mol. The van der Waals surface area contributed by atoms with Crippen LogP contribution in [0, 0.1) is 0 Å². The van der Waals surface area contributed by atoms with Gasteiger partial charge in [0.15, 0.2) is 5.11 Å². The second-order valence-electron chi connectivity index (χ2n) is 2.84. The summed E-state index contributed by atoms with van der Waals surface area (Å²) < 4.78 is 0. The highest BCUT2D eigenvalue weighted by molar-refractivity contribution is 7.80. The van der Waals surface area contributed by atoms with Crippen LogP contribution in [-0.4, -0.2) is 26.7 Å². The molecule has 0 spiro atoms. The molecule has 7 heteroatoms. The lowest BCUT2D eigenvalue weighted by atomic mass is 10.2. The van der Waals surface area contributed by atoms with Gasteiger partial charge < -0.3 is 10.9 Å². The van der Waals surface area contributed by atoms with Crippen LogP contribution in [0.1, 0.15) is 12.6 Å². The van der Waals surface area contributed by atoms with Gasteiger partial charge in [-0.05, 0) is 31.3 Å². The lowest BCUT2D eigenvalue weighted by Crippen LogP contribution is -2.27. The number of pyridine rings is 1. The molecule has 1 rings (SSSR count). The van der Waals surface area contributed by atoms with Crippen molar-refractivity contribution >= 4 is 28.8 Å². The predicted octanol–water partition coefficient (Wildman–Crippen LogP) is 0.469. The van der Waals surface area contributed by atoms with Crippen molar-refractivity contribution < 1.29 is 5.21 Å². The largest absolute Gasteiger partial charge is 0.411 e. The molecular weight excluding hydrogens is 226 g/mol. The summed E-state index contributed by atoms with van der Waals surface area (Å²) in [6.07, 6.45) is 1.61. The number of hydrazone groups is 1. The van der Waals surface area contributed by atoms with E-state index in [1.165, 1.54) is 0 Å². The van der Waals surface area contributed by atoms with E-state index in [1.54, 1.807) is 31.3 Å². The molecule has 6 nitrogen and oxygen atoms in total. The number of oxime groups is 1. The van der Waals surface area contributed by atoms with E-state index in [2.05, 4.69) is 32.9 Å². The highest BCUT2D eigenvalue weighted by Crippen LogP contribution is 1.98. The van der Waals surface area contributed by atoms with Gasteiger partial charge in [-0.15, -0.1) is 0 Å². The molecule has 0 atom stereocenters. The number of nitrogens with one attached hydrogen (secondary N) is 1. The fraction of sp³-hybridized carbons (Fsp3) is 0.111. The van der Waals surface area contributed by atoms with E-state index in [0.717, 1.165) is 0 Å². The van der Waals surface area contributed by atoms with E-state index in [4.69, 9.17) is 10.9 Å². The summed E-state index contributed by atoms with van der Waals surface area (Å²) in [6, 6.07) is 5.30. The lowest BCUT2D eigenvalue weighted by Gasteiger charge is -2.04. The molecule has 0 fully saturated rings. The zero-order valence-corrected chi connectivity index (χ0v) is 9.40. The SMILES string of the molecule is CC(=NO)C(=NNC(N)=S)c1ccccn1. The van der Waals surface area contributed by atoms with Crippen LogP contribution in [0.2, 0.25) is 0 Å². The Hall–Kier alpha value is -2.02. The van der Waals surface area contributed by atoms with Crippen molar-refractivity contribution in [1.29, 1.82) is 0 Å². The summed E-state index contributed by atoms with van der Waals surface area (Å²) in [5, 5.41) is 15.7. The summed E-state index contributed by atoms with van der Waals surface area (Å²) >= 11 is 4.62. The zero-order valence-electron chi connectivity index (χ0n) is 8.58. The van der Waals surface area contributed by atoms with E-state index in [-0.39, 0.29) is 5.11 Å². The number of hydrogen-bond donors (Lipinski definition) is 3. The van der Waals surface area contributed by atoms with E-state index >= 15 is 0 Å². The minimum Gasteiger partial charge on any atom is -0.411 e. The summed E-state index contributed by atoms with van der Waals surface area (Å²) in [4.78, 5) is 4.08. The molecule has 1 aromatic heterocycles. The standard InChI is InChI=1S/C9H11N5OS/c1-6(14-15)8(12-13-9(10)16)7-4-2-3-5-11-7/h2-5,15H,1H3,(H3,10,13,16). The first kappa shape index (κ1) is 12.1. The number of thiocarbonyl (C=S) groups is 1. The quantitative estimate of drug-likeness (QED) is 0.307. The highest BCUT2D eigenvalue weighted by atomic mass is 32.1. The first-order valence-corrected chi connectivity index (χ1v) is 4.79. The van der Waals surface area contributed by atoms with Crippen LogP contribution in [0.5, 0.6) is 0 Å². The van der Waals surface area contributed by atoms with E-state index in [1.807, 2.05) is 0 Å². The molecule has 0 amide bonds. The first-order valence-electron chi connectivity index (χ1n) is 4.38. The Bertz CT molecular complexity index is 429. The van der Waals surface area contributed by atoms with Crippen LogP contribution in [0.4, 0.5) is 0 Å². The summed E-state index contributed by atoms with van der Waals surface area (Å²) in [5.41, 5.74) is 8.91. The maximum Gasteiger partial charge on any atom is 0.184 e. The lowest BCUT2D eigenvalue weighted by molar-refractivity contribution is 0.320. The monoisotopic (exact) mass is 237 g/mol. The fourth-order valence-corrected chi connectivity index (χ4v) is 1.03. The smallest absolute Gasteiger partial charge is 0.184 e. The molecule has 1 aromatic rings. The third-order valence-electron chi connectivity index (χ3n) is 1.68. The topological polar surface area (TPSA) is 95.9 Å². The maximum absolute atomic E-state index is 8.72. The number of hydrogen-bond acceptors (Lipinski definition) is 5. The van der Waals surface area contributed by atoms with Gasteiger partial charge in [0.25, 0.3) is 0 Å². The Morgan fingerprint density at radius 3 is 2.81 bits per heavy atom. The Morgan fingerprint density at radius 1 is 1.56 bits per heavy atom. The summed E-state index contributed by atoms with van der Waals surface area (Å²) in [7, 11) is 0. The van der Waals surface area contributed by atoms with Crippen molar-refractivity contribution in [3.63, 3.8) is 0 Å². The number of nitrogens with two attached hydrogens (primary N) is 1. The molecule has 84 valence electrons. The van der Waals surface area contributed by atoms with Crippen LogP contribution in [0.3, 0.4) is 0 Å². The highest BCUT2D eigenvalue weighted by Gasteiger charge is 2.09. The molecule has 0 aromatic carbocycles. The fourth-order valence-electron chi connectivity index (χ4n) is 0.985. The summed E-state index contributed by atoms with van der Waals surface area (Å²) in [5.74, 6) is 0. The molecule has 0 saturated heterocycles.